The minimum Gasteiger partial charge on any atom is -0.338 e. The molecule has 0 aliphatic carbocycles. The number of hydrogen-bond acceptors (Lipinski definition) is 1. The zero-order valence-corrected chi connectivity index (χ0v) is 18.5. The number of benzene rings is 3. The molecular formula is C26H22Cl2N2. The Bertz CT molecular complexity index is 1350. The van der Waals surface area contributed by atoms with Gasteiger partial charge < -0.3 is 4.57 Å². The third kappa shape index (κ3) is 3.47. The molecule has 0 N–H and O–H groups in total. The van der Waals surface area contributed by atoms with E-state index in [1.165, 1.54) is 38.5 Å². The molecule has 3 aromatic carbocycles. The van der Waals surface area contributed by atoms with E-state index in [-0.39, 0.29) is 12.4 Å². The lowest BCUT2D eigenvalue weighted by molar-refractivity contribution is 0.801. The quantitative estimate of drug-likeness (QED) is 0.287. The van der Waals surface area contributed by atoms with Gasteiger partial charge in [-0.15, -0.1) is 12.4 Å². The maximum absolute atomic E-state index is 6.11. The lowest BCUT2D eigenvalue weighted by atomic mass is 10.1. The molecule has 0 unspecified atom stereocenters. The van der Waals surface area contributed by atoms with Gasteiger partial charge in [0.05, 0.1) is 11.2 Å². The van der Waals surface area contributed by atoms with Crippen molar-refractivity contribution in [2.45, 2.75) is 20.4 Å². The van der Waals surface area contributed by atoms with Crippen LogP contribution in [0.5, 0.6) is 0 Å². The molecule has 2 nitrogen and oxygen atoms in total. The van der Waals surface area contributed by atoms with Crippen molar-refractivity contribution in [2.75, 3.05) is 0 Å². The predicted molar refractivity (Wildman–Crippen MR) is 130 cm³/mol. The standard InChI is InChI=1S/C26H21ClN2.ClH/c1-17-18(2)29(16-19-7-8-20-5-3-4-6-22(20)15-19)26-24(17)13-14-28-25(26)21-9-11-23(27)12-10-21;/h3-15H,16H2,1-2H3;1H. The van der Waals surface area contributed by atoms with Crippen molar-refractivity contribution < 1.29 is 0 Å². The SMILES string of the molecule is Cc1c(C)n(Cc2ccc3ccccc3c2)c2c(-c3ccc(Cl)cc3)nccc12.Cl. The number of pyridine rings is 1. The molecule has 5 rings (SSSR count). The molecule has 0 aliphatic heterocycles. The van der Waals surface area contributed by atoms with Crippen LogP contribution in [0, 0.1) is 13.8 Å². The Morgan fingerprint density at radius 2 is 1.60 bits per heavy atom. The van der Waals surface area contributed by atoms with Crippen molar-refractivity contribution in [3.63, 3.8) is 0 Å². The van der Waals surface area contributed by atoms with Crippen LogP contribution in [0.1, 0.15) is 16.8 Å². The van der Waals surface area contributed by atoms with Crippen LogP contribution in [0.3, 0.4) is 0 Å². The Morgan fingerprint density at radius 3 is 2.37 bits per heavy atom. The lowest BCUT2D eigenvalue weighted by Gasteiger charge is -2.12. The van der Waals surface area contributed by atoms with Gasteiger partial charge in [-0.25, -0.2) is 0 Å². The van der Waals surface area contributed by atoms with E-state index in [0.29, 0.717) is 0 Å². The van der Waals surface area contributed by atoms with Gasteiger partial charge in [-0.05, 0) is 60.0 Å². The highest BCUT2D eigenvalue weighted by Crippen LogP contribution is 2.33. The lowest BCUT2D eigenvalue weighted by Crippen LogP contribution is -2.03. The largest absolute Gasteiger partial charge is 0.338 e. The first-order valence-corrected chi connectivity index (χ1v) is 10.2. The Labute approximate surface area is 187 Å². The van der Waals surface area contributed by atoms with Gasteiger partial charge in [-0.2, -0.15) is 0 Å². The van der Waals surface area contributed by atoms with Gasteiger partial charge >= 0.3 is 0 Å². The second kappa shape index (κ2) is 8.14. The molecule has 5 aromatic rings. The van der Waals surface area contributed by atoms with Crippen molar-refractivity contribution in [3.8, 4) is 11.3 Å². The smallest absolute Gasteiger partial charge is 0.0945 e. The number of halogens is 2. The van der Waals surface area contributed by atoms with Crippen molar-refractivity contribution >= 4 is 45.7 Å². The summed E-state index contributed by atoms with van der Waals surface area (Å²) in [5, 5.41) is 4.53. The van der Waals surface area contributed by atoms with Gasteiger partial charge in [0.1, 0.15) is 0 Å². The Morgan fingerprint density at radius 1 is 0.867 bits per heavy atom. The maximum Gasteiger partial charge on any atom is 0.0945 e. The molecule has 0 aliphatic rings. The van der Waals surface area contributed by atoms with Gasteiger partial charge in [-0.3, -0.25) is 4.98 Å². The summed E-state index contributed by atoms with van der Waals surface area (Å²) in [7, 11) is 0. The minimum atomic E-state index is 0. The van der Waals surface area contributed by atoms with Gasteiger partial charge in [0.15, 0.2) is 0 Å². The fourth-order valence-electron chi connectivity index (χ4n) is 4.13. The van der Waals surface area contributed by atoms with Crippen molar-refractivity contribution in [1.29, 1.82) is 0 Å². The van der Waals surface area contributed by atoms with E-state index in [1.54, 1.807) is 0 Å². The summed E-state index contributed by atoms with van der Waals surface area (Å²) in [6, 6.07) is 25.3. The van der Waals surface area contributed by atoms with Crippen molar-refractivity contribution in [3.05, 3.63) is 101 Å². The molecule has 0 bridgehead atoms. The zero-order chi connectivity index (χ0) is 20.0. The van der Waals surface area contributed by atoms with E-state index in [1.807, 2.05) is 30.5 Å². The highest BCUT2D eigenvalue weighted by Gasteiger charge is 2.16. The number of aryl methyl sites for hydroxylation is 1. The first kappa shape index (κ1) is 20.5. The predicted octanol–water partition coefficient (Wildman–Crippen LogP) is 7.60. The van der Waals surface area contributed by atoms with Crippen LogP contribution in [-0.4, -0.2) is 9.55 Å². The van der Waals surface area contributed by atoms with Crippen LogP contribution in [-0.2, 0) is 6.54 Å². The monoisotopic (exact) mass is 432 g/mol. The number of rotatable bonds is 3. The highest BCUT2D eigenvalue weighted by atomic mass is 35.5. The van der Waals surface area contributed by atoms with E-state index in [9.17, 15) is 0 Å². The summed E-state index contributed by atoms with van der Waals surface area (Å²) in [6.45, 7) is 5.20. The fourth-order valence-corrected chi connectivity index (χ4v) is 4.26. The van der Waals surface area contributed by atoms with Crippen LogP contribution in [0.25, 0.3) is 32.9 Å². The highest BCUT2D eigenvalue weighted by molar-refractivity contribution is 6.30. The van der Waals surface area contributed by atoms with E-state index < -0.39 is 0 Å². The van der Waals surface area contributed by atoms with Gasteiger partial charge in [0.2, 0.25) is 0 Å². The van der Waals surface area contributed by atoms with Crippen LogP contribution in [0.4, 0.5) is 0 Å². The Kier molecular flexibility index (Phi) is 5.55. The normalized spacial score (nSPS) is 11.0. The van der Waals surface area contributed by atoms with E-state index in [2.05, 4.69) is 66.9 Å². The Hall–Kier alpha value is -2.81. The molecule has 0 amide bonds. The number of fused-ring (bicyclic) bond motifs is 2. The number of hydrogen-bond donors (Lipinski definition) is 0. The molecule has 150 valence electrons. The molecule has 4 heteroatoms. The topological polar surface area (TPSA) is 17.8 Å². The average molecular weight is 433 g/mol. The summed E-state index contributed by atoms with van der Waals surface area (Å²) in [5.74, 6) is 0. The first-order valence-electron chi connectivity index (χ1n) is 9.80. The summed E-state index contributed by atoms with van der Waals surface area (Å²) in [6.07, 6.45) is 1.90. The summed E-state index contributed by atoms with van der Waals surface area (Å²) in [4.78, 5) is 4.75. The van der Waals surface area contributed by atoms with Crippen LogP contribution in [0.15, 0.2) is 79.0 Å². The summed E-state index contributed by atoms with van der Waals surface area (Å²) < 4.78 is 2.39. The molecule has 2 aromatic heterocycles. The third-order valence-corrected chi connectivity index (χ3v) is 6.07. The molecule has 30 heavy (non-hydrogen) atoms. The van der Waals surface area contributed by atoms with Gasteiger partial charge in [-0.1, -0.05) is 60.1 Å². The molecular weight excluding hydrogens is 411 g/mol. The van der Waals surface area contributed by atoms with Crippen molar-refractivity contribution in [1.82, 2.24) is 9.55 Å². The number of nitrogens with zero attached hydrogens (tertiary/aromatic N) is 2. The van der Waals surface area contributed by atoms with Crippen molar-refractivity contribution in [2.24, 2.45) is 0 Å². The molecule has 0 atom stereocenters. The second-order valence-electron chi connectivity index (χ2n) is 7.54. The van der Waals surface area contributed by atoms with Crippen LogP contribution < -0.4 is 0 Å². The average Bonchev–Trinajstić information content (AvgIpc) is 2.99. The van der Waals surface area contributed by atoms with Gasteiger partial charge in [0.25, 0.3) is 0 Å². The molecule has 0 radical (unpaired) electrons. The number of aromatic nitrogens is 2. The molecule has 0 saturated carbocycles. The molecule has 2 heterocycles. The third-order valence-electron chi connectivity index (χ3n) is 5.82. The summed E-state index contributed by atoms with van der Waals surface area (Å²) in [5.41, 5.74) is 7.12. The molecule has 0 saturated heterocycles. The molecule has 0 spiro atoms. The fraction of sp³-hybridized carbons (Fsp3) is 0.115. The minimum absolute atomic E-state index is 0. The second-order valence-corrected chi connectivity index (χ2v) is 7.98. The first-order chi connectivity index (χ1) is 14.1. The van der Waals surface area contributed by atoms with E-state index >= 15 is 0 Å². The van der Waals surface area contributed by atoms with E-state index in [0.717, 1.165) is 22.8 Å². The van der Waals surface area contributed by atoms with E-state index in [4.69, 9.17) is 16.6 Å². The van der Waals surface area contributed by atoms with Crippen LogP contribution in [0.2, 0.25) is 5.02 Å². The maximum atomic E-state index is 6.11. The van der Waals surface area contributed by atoms with Crippen LogP contribution >= 0.6 is 24.0 Å². The summed E-state index contributed by atoms with van der Waals surface area (Å²) >= 11 is 6.11. The zero-order valence-electron chi connectivity index (χ0n) is 16.9. The van der Waals surface area contributed by atoms with Gasteiger partial charge in [0, 0.05) is 34.4 Å². The Balaban J connectivity index is 0.00000218. The molecule has 0 fully saturated rings.